The highest BCUT2D eigenvalue weighted by molar-refractivity contribution is 6.32. The molecule has 1 aliphatic rings. The zero-order valence-corrected chi connectivity index (χ0v) is 13.1. The van der Waals surface area contributed by atoms with Crippen molar-refractivity contribution in [1.82, 2.24) is 15.2 Å². The lowest BCUT2D eigenvalue weighted by Crippen LogP contribution is -2.43. The van der Waals surface area contributed by atoms with E-state index < -0.39 is 5.60 Å². The van der Waals surface area contributed by atoms with E-state index >= 15 is 0 Å². The van der Waals surface area contributed by atoms with E-state index in [0.717, 1.165) is 32.4 Å². The summed E-state index contributed by atoms with van der Waals surface area (Å²) in [5.74, 6) is -0.219. The van der Waals surface area contributed by atoms with E-state index in [4.69, 9.17) is 11.6 Å². The van der Waals surface area contributed by atoms with Gasteiger partial charge in [0.1, 0.15) is 5.15 Å². The number of nitrogens with one attached hydrogen (secondary N) is 1. The summed E-state index contributed by atoms with van der Waals surface area (Å²) in [4.78, 5) is 18.0. The number of halogens is 1. The Labute approximate surface area is 130 Å². The second-order valence-corrected chi connectivity index (χ2v) is 6.09. The molecule has 0 spiro atoms. The fourth-order valence-electron chi connectivity index (χ4n) is 2.55. The predicted molar refractivity (Wildman–Crippen MR) is 82.5 cm³/mol. The largest absolute Gasteiger partial charge is 0.390 e. The highest BCUT2D eigenvalue weighted by atomic mass is 35.5. The predicted octanol–water partition coefficient (Wildman–Crippen LogP) is 1.70. The van der Waals surface area contributed by atoms with Crippen molar-refractivity contribution in [2.24, 2.45) is 0 Å². The van der Waals surface area contributed by atoms with Crippen LogP contribution in [0.1, 0.15) is 36.0 Å². The van der Waals surface area contributed by atoms with Gasteiger partial charge in [-0.05, 0) is 44.9 Å². The number of hydrogen-bond acceptors (Lipinski definition) is 4. The minimum Gasteiger partial charge on any atom is -0.390 e. The maximum atomic E-state index is 11.9. The summed E-state index contributed by atoms with van der Waals surface area (Å²) in [6.45, 7) is 2.38. The molecule has 1 amide bonds. The van der Waals surface area contributed by atoms with Crippen molar-refractivity contribution in [3.8, 4) is 0 Å². The maximum absolute atomic E-state index is 11.9. The number of amides is 1. The molecule has 2 heterocycles. The smallest absolute Gasteiger partial charge is 0.254 e. The van der Waals surface area contributed by atoms with Crippen molar-refractivity contribution in [2.75, 3.05) is 26.7 Å². The van der Waals surface area contributed by atoms with Gasteiger partial charge in [-0.1, -0.05) is 11.6 Å². The van der Waals surface area contributed by atoms with Crippen LogP contribution in [0.3, 0.4) is 0 Å². The molecule has 1 aromatic rings. The molecule has 1 aliphatic heterocycles. The van der Waals surface area contributed by atoms with Crippen molar-refractivity contribution < 1.29 is 9.90 Å². The number of nitrogens with zero attached hydrogens (tertiary/aromatic N) is 2. The van der Waals surface area contributed by atoms with Crippen LogP contribution >= 0.6 is 11.6 Å². The third-order valence-corrected chi connectivity index (χ3v) is 4.33. The summed E-state index contributed by atoms with van der Waals surface area (Å²) in [5, 5.41) is 13.5. The number of rotatable bonds is 5. The van der Waals surface area contributed by atoms with Crippen LogP contribution in [0.2, 0.25) is 5.15 Å². The molecule has 1 aromatic heterocycles. The maximum Gasteiger partial charge on any atom is 0.254 e. The first-order chi connectivity index (χ1) is 10.0. The Morgan fingerprint density at radius 3 is 2.90 bits per heavy atom. The van der Waals surface area contributed by atoms with Gasteiger partial charge in [0.2, 0.25) is 0 Å². The Bertz CT molecular complexity index is 488. The molecule has 0 unspecified atom stereocenters. The second-order valence-electron chi connectivity index (χ2n) is 5.73. The molecule has 116 valence electrons. The molecule has 2 rings (SSSR count). The van der Waals surface area contributed by atoms with Gasteiger partial charge in [0.25, 0.3) is 5.91 Å². The zero-order valence-electron chi connectivity index (χ0n) is 12.3. The van der Waals surface area contributed by atoms with E-state index in [9.17, 15) is 9.90 Å². The van der Waals surface area contributed by atoms with Crippen LogP contribution in [-0.2, 0) is 0 Å². The van der Waals surface area contributed by atoms with E-state index in [-0.39, 0.29) is 11.1 Å². The average molecular weight is 312 g/mol. The Morgan fingerprint density at radius 1 is 1.52 bits per heavy atom. The summed E-state index contributed by atoms with van der Waals surface area (Å²) in [7, 11) is 2.07. The van der Waals surface area contributed by atoms with Gasteiger partial charge < -0.3 is 15.3 Å². The van der Waals surface area contributed by atoms with E-state index in [1.54, 1.807) is 18.3 Å². The molecule has 21 heavy (non-hydrogen) atoms. The van der Waals surface area contributed by atoms with Crippen molar-refractivity contribution in [2.45, 2.75) is 31.3 Å². The fourth-order valence-corrected chi connectivity index (χ4v) is 2.76. The molecule has 2 N–H and O–H groups in total. The third kappa shape index (κ3) is 4.66. The molecule has 0 aliphatic carbocycles. The van der Waals surface area contributed by atoms with Crippen molar-refractivity contribution in [3.63, 3.8) is 0 Å². The minimum absolute atomic E-state index is 0.212. The molecule has 0 saturated carbocycles. The van der Waals surface area contributed by atoms with E-state index in [1.165, 1.54) is 0 Å². The van der Waals surface area contributed by atoms with Gasteiger partial charge in [-0.15, -0.1) is 0 Å². The lowest BCUT2D eigenvalue weighted by atomic mass is 9.87. The minimum atomic E-state index is -0.580. The monoisotopic (exact) mass is 311 g/mol. The molecule has 1 saturated heterocycles. The first kappa shape index (κ1) is 16.2. The first-order valence-electron chi connectivity index (χ1n) is 7.30. The number of pyridine rings is 1. The van der Waals surface area contributed by atoms with Crippen LogP contribution < -0.4 is 5.32 Å². The molecular weight excluding hydrogens is 290 g/mol. The second kappa shape index (κ2) is 7.20. The molecule has 0 bridgehead atoms. The summed E-state index contributed by atoms with van der Waals surface area (Å²) >= 11 is 5.87. The fraction of sp³-hybridized carbons (Fsp3) is 0.600. The summed E-state index contributed by atoms with van der Waals surface area (Å²) in [5.41, 5.74) is -0.194. The molecule has 1 fully saturated rings. The average Bonchev–Trinajstić information content (AvgIpc) is 2.47. The van der Waals surface area contributed by atoms with Crippen LogP contribution in [0.25, 0.3) is 0 Å². The lowest BCUT2D eigenvalue weighted by Gasteiger charge is -2.36. The topological polar surface area (TPSA) is 65.5 Å². The molecule has 6 heteroatoms. The lowest BCUT2D eigenvalue weighted by molar-refractivity contribution is -0.0235. The standard InChI is InChI=1S/C15H22ClN3O2/c1-19-10-6-15(21,7-11-19)5-3-9-18-14(20)12-4-2-8-17-13(12)16/h2,4,8,21H,3,5-7,9-11H2,1H3,(H,18,20). The Morgan fingerprint density at radius 2 is 2.24 bits per heavy atom. The highest BCUT2D eigenvalue weighted by Crippen LogP contribution is 2.26. The summed E-state index contributed by atoms with van der Waals surface area (Å²) in [6.07, 6.45) is 4.61. The van der Waals surface area contributed by atoms with E-state index in [2.05, 4.69) is 22.2 Å². The van der Waals surface area contributed by atoms with Gasteiger partial charge in [0.15, 0.2) is 0 Å². The molecule has 0 aromatic carbocycles. The molecular formula is C15H22ClN3O2. The van der Waals surface area contributed by atoms with Gasteiger partial charge >= 0.3 is 0 Å². The summed E-state index contributed by atoms with van der Waals surface area (Å²) in [6, 6.07) is 3.33. The number of aromatic nitrogens is 1. The van der Waals surface area contributed by atoms with Gasteiger partial charge in [-0.3, -0.25) is 4.79 Å². The van der Waals surface area contributed by atoms with Crippen LogP contribution in [0.15, 0.2) is 18.3 Å². The van der Waals surface area contributed by atoms with Gasteiger partial charge in [-0.25, -0.2) is 4.98 Å². The molecule has 5 nitrogen and oxygen atoms in total. The third-order valence-electron chi connectivity index (χ3n) is 4.03. The molecule has 0 radical (unpaired) electrons. The van der Waals surface area contributed by atoms with E-state index in [1.807, 2.05) is 0 Å². The number of carbonyl (C=O) groups is 1. The normalized spacial score (nSPS) is 18.4. The van der Waals surface area contributed by atoms with Crippen molar-refractivity contribution in [1.29, 1.82) is 0 Å². The SMILES string of the molecule is CN1CCC(O)(CCCNC(=O)c2cccnc2Cl)CC1. The van der Waals surface area contributed by atoms with E-state index in [0.29, 0.717) is 18.5 Å². The molecule has 0 atom stereocenters. The number of carbonyl (C=O) groups excluding carboxylic acids is 1. The van der Waals surface area contributed by atoms with Crippen LogP contribution in [0.5, 0.6) is 0 Å². The Hall–Kier alpha value is -1.17. The van der Waals surface area contributed by atoms with Crippen LogP contribution in [0, 0.1) is 0 Å². The summed E-state index contributed by atoms with van der Waals surface area (Å²) < 4.78 is 0. The number of likely N-dealkylation sites (tertiary alicyclic amines) is 1. The number of hydrogen-bond donors (Lipinski definition) is 2. The first-order valence-corrected chi connectivity index (χ1v) is 7.68. The van der Waals surface area contributed by atoms with Crippen molar-refractivity contribution >= 4 is 17.5 Å². The Balaban J connectivity index is 1.72. The number of piperidine rings is 1. The van der Waals surface area contributed by atoms with Gasteiger partial charge in [0, 0.05) is 25.8 Å². The van der Waals surface area contributed by atoms with Crippen LogP contribution in [-0.4, -0.2) is 53.2 Å². The quantitative estimate of drug-likeness (QED) is 0.642. The van der Waals surface area contributed by atoms with Gasteiger partial charge in [-0.2, -0.15) is 0 Å². The highest BCUT2D eigenvalue weighted by Gasteiger charge is 2.30. The van der Waals surface area contributed by atoms with Gasteiger partial charge in [0.05, 0.1) is 11.2 Å². The van der Waals surface area contributed by atoms with Crippen LogP contribution in [0.4, 0.5) is 0 Å². The number of aliphatic hydroxyl groups is 1. The van der Waals surface area contributed by atoms with Crippen molar-refractivity contribution in [3.05, 3.63) is 29.0 Å². The zero-order chi connectivity index (χ0) is 15.3. The Kier molecular flexibility index (Phi) is 5.56.